The summed E-state index contributed by atoms with van der Waals surface area (Å²) in [6, 6.07) is 5.76. The maximum absolute atomic E-state index is 11.3. The van der Waals surface area contributed by atoms with Crippen LogP contribution in [0.2, 0.25) is 0 Å². The van der Waals surface area contributed by atoms with Gasteiger partial charge in [0.25, 0.3) is 0 Å². The van der Waals surface area contributed by atoms with Gasteiger partial charge in [-0.05, 0) is 31.6 Å². The highest BCUT2D eigenvalue weighted by molar-refractivity contribution is 7.12. The summed E-state index contributed by atoms with van der Waals surface area (Å²) < 4.78 is 4.78. The van der Waals surface area contributed by atoms with Gasteiger partial charge in [-0.25, -0.2) is 4.79 Å². The Morgan fingerprint density at radius 2 is 2.31 bits per heavy atom. The van der Waals surface area contributed by atoms with Crippen molar-refractivity contribution in [2.24, 2.45) is 0 Å². The zero-order valence-corrected chi connectivity index (χ0v) is 10.1. The highest BCUT2D eigenvalue weighted by Crippen LogP contribution is 2.19. The fourth-order valence-corrected chi connectivity index (χ4v) is 2.05. The second-order valence-electron chi connectivity index (χ2n) is 3.05. The molecule has 4 heteroatoms. The van der Waals surface area contributed by atoms with Gasteiger partial charge in [-0.3, -0.25) is 0 Å². The van der Waals surface area contributed by atoms with Crippen molar-refractivity contribution >= 4 is 23.4 Å². The molecule has 0 unspecified atom stereocenters. The van der Waals surface area contributed by atoms with E-state index in [9.17, 15) is 4.79 Å². The lowest BCUT2D eigenvalue weighted by molar-refractivity contribution is -0.137. The number of hydrogen-bond donors (Lipinski definition) is 0. The number of nitrogens with zero attached hydrogens (tertiary/aromatic N) is 1. The van der Waals surface area contributed by atoms with E-state index < -0.39 is 5.97 Å². The smallest absolute Gasteiger partial charge is 0.348 e. The van der Waals surface area contributed by atoms with Gasteiger partial charge in [0.05, 0.1) is 6.61 Å². The fourth-order valence-electron chi connectivity index (χ4n) is 1.15. The molecule has 0 aliphatic carbocycles. The molecule has 3 nitrogen and oxygen atoms in total. The molecule has 0 saturated carbocycles. The quantitative estimate of drug-likeness (QED) is 0.458. The molecule has 0 bridgehead atoms. The number of aryl methyl sites for hydroxylation is 1. The summed E-state index contributed by atoms with van der Waals surface area (Å²) in [6.45, 7) is 4.06. The largest absolute Gasteiger partial charge is 0.462 e. The van der Waals surface area contributed by atoms with Crippen molar-refractivity contribution in [2.45, 2.75) is 20.3 Å². The van der Waals surface area contributed by atoms with E-state index in [-0.39, 0.29) is 12.2 Å². The van der Waals surface area contributed by atoms with Crippen molar-refractivity contribution in [1.29, 1.82) is 5.26 Å². The van der Waals surface area contributed by atoms with Crippen LogP contribution in [0, 0.1) is 11.3 Å². The van der Waals surface area contributed by atoms with E-state index in [1.54, 1.807) is 24.3 Å². The summed E-state index contributed by atoms with van der Waals surface area (Å²) in [5.74, 6) is -0.559. The number of carbonyl (C=O) groups excluding carboxylic acids is 1. The maximum Gasteiger partial charge on any atom is 0.348 e. The average molecular weight is 235 g/mol. The SMILES string of the molecule is CCOC(=O)/C(C#N)=C/c1ccc(CC)s1. The van der Waals surface area contributed by atoms with Crippen LogP contribution in [0.15, 0.2) is 17.7 Å². The van der Waals surface area contributed by atoms with E-state index in [4.69, 9.17) is 10.00 Å². The van der Waals surface area contributed by atoms with E-state index in [1.807, 2.05) is 18.2 Å². The summed E-state index contributed by atoms with van der Waals surface area (Å²) in [7, 11) is 0. The van der Waals surface area contributed by atoms with Gasteiger partial charge in [-0.1, -0.05) is 6.92 Å². The molecular formula is C12H13NO2S. The molecule has 1 rings (SSSR count). The predicted octanol–water partition coefficient (Wildman–Crippen LogP) is 2.78. The normalized spacial score (nSPS) is 10.9. The van der Waals surface area contributed by atoms with E-state index >= 15 is 0 Å². The van der Waals surface area contributed by atoms with Crippen LogP contribution in [0.3, 0.4) is 0 Å². The van der Waals surface area contributed by atoms with Gasteiger partial charge < -0.3 is 4.74 Å². The van der Waals surface area contributed by atoms with Crippen LogP contribution in [0.4, 0.5) is 0 Å². The topological polar surface area (TPSA) is 50.1 Å². The Labute approximate surface area is 99.0 Å². The zero-order valence-electron chi connectivity index (χ0n) is 9.32. The van der Waals surface area contributed by atoms with Gasteiger partial charge in [0.1, 0.15) is 11.6 Å². The third kappa shape index (κ3) is 3.21. The van der Waals surface area contributed by atoms with E-state index in [1.165, 1.54) is 4.88 Å². The summed E-state index contributed by atoms with van der Waals surface area (Å²) in [5.41, 5.74) is 0.0475. The standard InChI is InChI=1S/C12H13NO2S/c1-3-10-5-6-11(16-10)7-9(8-13)12(14)15-4-2/h5-7H,3-4H2,1-2H3/b9-7+. The molecule has 0 aromatic carbocycles. The third-order valence-electron chi connectivity index (χ3n) is 1.93. The Morgan fingerprint density at radius 1 is 1.56 bits per heavy atom. The first-order valence-electron chi connectivity index (χ1n) is 5.08. The third-order valence-corrected chi connectivity index (χ3v) is 3.11. The van der Waals surface area contributed by atoms with E-state index in [0.29, 0.717) is 0 Å². The summed E-state index contributed by atoms with van der Waals surface area (Å²) in [5, 5.41) is 8.83. The van der Waals surface area contributed by atoms with Gasteiger partial charge in [-0.15, -0.1) is 11.3 Å². The van der Waals surface area contributed by atoms with Gasteiger partial charge in [-0.2, -0.15) is 5.26 Å². The van der Waals surface area contributed by atoms with Crippen molar-refractivity contribution in [3.8, 4) is 6.07 Å². The number of rotatable bonds is 4. The number of thiophene rings is 1. The van der Waals surface area contributed by atoms with Crippen LogP contribution in [0.5, 0.6) is 0 Å². The Bertz CT molecular complexity index is 440. The van der Waals surface area contributed by atoms with Crippen LogP contribution in [-0.4, -0.2) is 12.6 Å². The molecule has 0 atom stereocenters. The Hall–Kier alpha value is -1.60. The highest BCUT2D eigenvalue weighted by atomic mass is 32.1. The molecule has 0 aliphatic heterocycles. The van der Waals surface area contributed by atoms with Crippen LogP contribution in [-0.2, 0) is 16.0 Å². The minimum atomic E-state index is -0.559. The van der Waals surface area contributed by atoms with E-state index in [2.05, 4.69) is 6.92 Å². The lowest BCUT2D eigenvalue weighted by atomic mass is 10.2. The lowest BCUT2D eigenvalue weighted by Gasteiger charge is -1.98. The first kappa shape index (κ1) is 12.5. The molecule has 1 aromatic rings. The molecule has 16 heavy (non-hydrogen) atoms. The molecule has 0 spiro atoms. The summed E-state index contributed by atoms with van der Waals surface area (Å²) in [6.07, 6.45) is 2.53. The number of esters is 1. The summed E-state index contributed by atoms with van der Waals surface area (Å²) in [4.78, 5) is 13.5. The molecular weight excluding hydrogens is 222 g/mol. The minimum Gasteiger partial charge on any atom is -0.462 e. The van der Waals surface area contributed by atoms with Crippen molar-refractivity contribution in [2.75, 3.05) is 6.61 Å². The van der Waals surface area contributed by atoms with Gasteiger partial charge >= 0.3 is 5.97 Å². The highest BCUT2D eigenvalue weighted by Gasteiger charge is 2.10. The van der Waals surface area contributed by atoms with Gasteiger partial charge in [0, 0.05) is 9.75 Å². The monoisotopic (exact) mass is 235 g/mol. The molecule has 0 amide bonds. The van der Waals surface area contributed by atoms with Crippen molar-refractivity contribution in [3.05, 3.63) is 27.5 Å². The van der Waals surface area contributed by atoms with Crippen LogP contribution >= 0.6 is 11.3 Å². The maximum atomic E-state index is 11.3. The van der Waals surface area contributed by atoms with Crippen molar-refractivity contribution in [3.63, 3.8) is 0 Å². The summed E-state index contributed by atoms with van der Waals surface area (Å²) >= 11 is 1.58. The number of carbonyl (C=O) groups is 1. The second kappa shape index (κ2) is 6.09. The Morgan fingerprint density at radius 3 is 2.81 bits per heavy atom. The molecule has 0 aliphatic rings. The number of hydrogen-bond acceptors (Lipinski definition) is 4. The first-order chi connectivity index (χ1) is 7.71. The first-order valence-corrected chi connectivity index (χ1v) is 5.90. The Balaban J connectivity index is 2.88. The molecule has 0 fully saturated rings. The van der Waals surface area contributed by atoms with Crippen LogP contribution in [0.25, 0.3) is 6.08 Å². The minimum absolute atomic E-state index is 0.0475. The van der Waals surface area contributed by atoms with Gasteiger partial charge in [0.15, 0.2) is 0 Å². The van der Waals surface area contributed by atoms with Crippen LogP contribution < -0.4 is 0 Å². The molecule has 0 radical (unpaired) electrons. The van der Waals surface area contributed by atoms with Crippen LogP contribution in [0.1, 0.15) is 23.6 Å². The number of ether oxygens (including phenoxy) is 1. The second-order valence-corrected chi connectivity index (χ2v) is 4.25. The van der Waals surface area contributed by atoms with E-state index in [0.717, 1.165) is 11.3 Å². The molecule has 1 heterocycles. The lowest BCUT2D eigenvalue weighted by Crippen LogP contribution is -2.05. The zero-order chi connectivity index (χ0) is 12.0. The Kier molecular flexibility index (Phi) is 4.74. The molecule has 0 N–H and O–H groups in total. The van der Waals surface area contributed by atoms with Crippen molar-refractivity contribution in [1.82, 2.24) is 0 Å². The fraction of sp³-hybridized carbons (Fsp3) is 0.333. The number of nitriles is 1. The molecule has 0 saturated heterocycles. The van der Waals surface area contributed by atoms with Gasteiger partial charge in [0.2, 0.25) is 0 Å². The van der Waals surface area contributed by atoms with Crippen molar-refractivity contribution < 1.29 is 9.53 Å². The predicted molar refractivity (Wildman–Crippen MR) is 63.9 cm³/mol. The molecule has 84 valence electrons. The average Bonchev–Trinajstić information content (AvgIpc) is 2.73. The molecule has 1 aromatic heterocycles.